The van der Waals surface area contributed by atoms with Gasteiger partial charge < -0.3 is 10.6 Å². The number of nitrogens with zero attached hydrogens (tertiary/aromatic N) is 1. The Morgan fingerprint density at radius 1 is 1.22 bits per heavy atom. The number of benzene rings is 1. The van der Waals surface area contributed by atoms with Crippen molar-refractivity contribution in [2.45, 2.75) is 19.9 Å². The lowest BCUT2D eigenvalue weighted by Gasteiger charge is -2.11. The first-order valence-corrected chi connectivity index (χ1v) is 8.05. The van der Waals surface area contributed by atoms with Crippen molar-refractivity contribution in [1.29, 1.82) is 0 Å². The summed E-state index contributed by atoms with van der Waals surface area (Å²) < 4.78 is 26.6. The molecule has 1 aromatic heterocycles. The summed E-state index contributed by atoms with van der Waals surface area (Å²) >= 11 is 1.65. The average molecular weight is 451 g/mol. The zero-order valence-electron chi connectivity index (χ0n) is 12.8. The Kier molecular flexibility index (Phi) is 9.08. The third-order valence-corrected chi connectivity index (χ3v) is 3.87. The summed E-state index contributed by atoms with van der Waals surface area (Å²) in [7, 11) is 0. The van der Waals surface area contributed by atoms with Crippen molar-refractivity contribution in [3.05, 3.63) is 57.8 Å². The van der Waals surface area contributed by atoms with E-state index in [0.29, 0.717) is 31.0 Å². The van der Waals surface area contributed by atoms with Gasteiger partial charge in [-0.15, -0.1) is 35.3 Å². The van der Waals surface area contributed by atoms with Gasteiger partial charge in [-0.1, -0.05) is 6.07 Å². The lowest BCUT2D eigenvalue weighted by Crippen LogP contribution is -2.38. The van der Waals surface area contributed by atoms with Crippen LogP contribution in [0.4, 0.5) is 8.78 Å². The summed E-state index contributed by atoms with van der Waals surface area (Å²) in [5.41, 5.74) is 0.363. The van der Waals surface area contributed by atoms with E-state index in [0.717, 1.165) is 18.7 Å². The number of halogens is 3. The van der Waals surface area contributed by atoms with Crippen LogP contribution in [0.3, 0.4) is 0 Å². The van der Waals surface area contributed by atoms with E-state index in [4.69, 9.17) is 0 Å². The molecular weight excluding hydrogens is 431 g/mol. The van der Waals surface area contributed by atoms with Gasteiger partial charge in [-0.05, 0) is 48.6 Å². The Morgan fingerprint density at radius 3 is 2.74 bits per heavy atom. The van der Waals surface area contributed by atoms with E-state index >= 15 is 0 Å². The smallest absolute Gasteiger partial charge is 0.191 e. The average Bonchev–Trinajstić information content (AvgIpc) is 3.01. The van der Waals surface area contributed by atoms with E-state index in [1.54, 1.807) is 11.3 Å². The molecule has 0 spiro atoms. The van der Waals surface area contributed by atoms with Crippen molar-refractivity contribution in [1.82, 2.24) is 10.6 Å². The molecule has 2 aromatic rings. The van der Waals surface area contributed by atoms with E-state index < -0.39 is 5.82 Å². The Labute approximate surface area is 156 Å². The summed E-state index contributed by atoms with van der Waals surface area (Å²) in [5.74, 6) is -0.133. The maximum absolute atomic E-state index is 13.5. The first-order valence-electron chi connectivity index (χ1n) is 7.17. The molecule has 0 atom stereocenters. The summed E-state index contributed by atoms with van der Waals surface area (Å²) in [5, 5.41) is 8.28. The number of nitrogens with one attached hydrogen (secondary N) is 2. The minimum absolute atomic E-state index is 0. The van der Waals surface area contributed by atoms with E-state index in [1.165, 1.54) is 10.9 Å². The number of aliphatic imine (C=N–C) groups is 1. The molecule has 0 unspecified atom stereocenters. The molecule has 0 aliphatic heterocycles. The van der Waals surface area contributed by atoms with Gasteiger partial charge in [-0.25, -0.2) is 13.8 Å². The minimum Gasteiger partial charge on any atom is -0.357 e. The van der Waals surface area contributed by atoms with Crippen molar-refractivity contribution in [2.75, 3.05) is 13.1 Å². The molecule has 0 saturated heterocycles. The van der Waals surface area contributed by atoms with Crippen LogP contribution in [0.1, 0.15) is 17.4 Å². The van der Waals surface area contributed by atoms with Crippen LogP contribution in [-0.2, 0) is 13.0 Å². The molecule has 1 heterocycles. The maximum Gasteiger partial charge on any atom is 0.191 e. The van der Waals surface area contributed by atoms with Gasteiger partial charge in [0.1, 0.15) is 11.6 Å². The van der Waals surface area contributed by atoms with Crippen molar-refractivity contribution in [3.8, 4) is 0 Å². The molecule has 0 saturated carbocycles. The molecule has 0 radical (unpaired) electrons. The molecule has 0 amide bonds. The highest BCUT2D eigenvalue weighted by atomic mass is 127. The lowest BCUT2D eigenvalue weighted by molar-refractivity contribution is 0.583. The Morgan fingerprint density at radius 2 is 2.04 bits per heavy atom. The maximum atomic E-state index is 13.5. The lowest BCUT2D eigenvalue weighted by atomic mass is 10.1. The van der Waals surface area contributed by atoms with Gasteiger partial charge in [0.05, 0.1) is 6.54 Å². The van der Waals surface area contributed by atoms with Crippen molar-refractivity contribution < 1.29 is 8.78 Å². The zero-order valence-corrected chi connectivity index (χ0v) is 16.0. The van der Waals surface area contributed by atoms with Crippen LogP contribution in [-0.4, -0.2) is 19.0 Å². The van der Waals surface area contributed by atoms with E-state index in [1.807, 2.05) is 24.4 Å². The Hall–Kier alpha value is -1.22. The van der Waals surface area contributed by atoms with Gasteiger partial charge in [-0.2, -0.15) is 0 Å². The normalized spacial score (nSPS) is 11.0. The standard InChI is InChI=1S/C16H19F2N3S.HI/c1-2-19-16(21-11-14-4-3-9-22-14)20-8-7-12-10-13(17)5-6-15(12)18;/h3-6,9-10H,2,7-8,11H2,1H3,(H2,19,20,21);1H. The molecule has 0 aliphatic carbocycles. The first kappa shape index (κ1) is 19.8. The molecule has 3 nitrogen and oxygen atoms in total. The number of hydrogen-bond donors (Lipinski definition) is 2. The summed E-state index contributed by atoms with van der Waals surface area (Å²) in [6.45, 7) is 3.80. The minimum atomic E-state index is -0.422. The molecule has 23 heavy (non-hydrogen) atoms. The fourth-order valence-corrected chi connectivity index (χ4v) is 2.58. The Balaban J connectivity index is 0.00000264. The van der Waals surface area contributed by atoms with Crippen molar-refractivity contribution in [3.63, 3.8) is 0 Å². The predicted octanol–water partition coefficient (Wildman–Crippen LogP) is 3.94. The predicted molar refractivity (Wildman–Crippen MR) is 103 cm³/mol. The van der Waals surface area contributed by atoms with Crippen LogP contribution in [0.25, 0.3) is 0 Å². The third-order valence-electron chi connectivity index (χ3n) is 3.01. The highest BCUT2D eigenvalue weighted by molar-refractivity contribution is 14.0. The monoisotopic (exact) mass is 451 g/mol. The molecule has 126 valence electrons. The van der Waals surface area contributed by atoms with E-state index in [2.05, 4.69) is 15.6 Å². The van der Waals surface area contributed by atoms with Crippen LogP contribution in [0.2, 0.25) is 0 Å². The highest BCUT2D eigenvalue weighted by Crippen LogP contribution is 2.10. The van der Waals surface area contributed by atoms with Gasteiger partial charge in [0.15, 0.2) is 5.96 Å². The molecule has 0 bridgehead atoms. The fourth-order valence-electron chi connectivity index (χ4n) is 1.95. The summed E-state index contributed by atoms with van der Waals surface area (Å²) in [4.78, 5) is 5.64. The second-order valence-electron chi connectivity index (χ2n) is 4.69. The molecule has 7 heteroatoms. The quantitative estimate of drug-likeness (QED) is 0.397. The molecule has 0 fully saturated rings. The summed E-state index contributed by atoms with van der Waals surface area (Å²) in [6.07, 6.45) is 0.396. The van der Waals surface area contributed by atoms with Crippen molar-refractivity contribution >= 4 is 41.3 Å². The van der Waals surface area contributed by atoms with Gasteiger partial charge >= 0.3 is 0 Å². The highest BCUT2D eigenvalue weighted by Gasteiger charge is 2.04. The van der Waals surface area contributed by atoms with Crippen LogP contribution in [0, 0.1) is 11.6 Å². The molecule has 1 aromatic carbocycles. The summed E-state index contributed by atoms with van der Waals surface area (Å²) in [6, 6.07) is 7.52. The molecule has 0 aliphatic rings. The van der Waals surface area contributed by atoms with Gasteiger partial charge in [-0.3, -0.25) is 0 Å². The SMILES string of the molecule is CCNC(=NCc1cccs1)NCCc1cc(F)ccc1F.I. The Bertz CT molecular complexity index is 618. The second kappa shape index (κ2) is 10.5. The van der Waals surface area contributed by atoms with E-state index in [9.17, 15) is 8.78 Å². The first-order chi connectivity index (χ1) is 10.7. The fraction of sp³-hybridized carbons (Fsp3) is 0.312. The third kappa shape index (κ3) is 6.82. The van der Waals surface area contributed by atoms with Crippen LogP contribution < -0.4 is 10.6 Å². The van der Waals surface area contributed by atoms with Gasteiger partial charge in [0.25, 0.3) is 0 Å². The van der Waals surface area contributed by atoms with Gasteiger partial charge in [0.2, 0.25) is 0 Å². The van der Waals surface area contributed by atoms with Crippen LogP contribution >= 0.6 is 35.3 Å². The van der Waals surface area contributed by atoms with Gasteiger partial charge in [0, 0.05) is 18.0 Å². The van der Waals surface area contributed by atoms with Crippen molar-refractivity contribution in [2.24, 2.45) is 4.99 Å². The number of guanidine groups is 1. The largest absolute Gasteiger partial charge is 0.357 e. The van der Waals surface area contributed by atoms with Crippen LogP contribution in [0.5, 0.6) is 0 Å². The second-order valence-corrected chi connectivity index (χ2v) is 5.72. The molecule has 2 rings (SSSR count). The molecule has 2 N–H and O–H groups in total. The zero-order chi connectivity index (χ0) is 15.8. The van der Waals surface area contributed by atoms with E-state index in [-0.39, 0.29) is 29.8 Å². The number of hydrogen-bond acceptors (Lipinski definition) is 2. The topological polar surface area (TPSA) is 36.4 Å². The molecular formula is C16H20F2IN3S. The number of thiophene rings is 1. The number of rotatable bonds is 6. The van der Waals surface area contributed by atoms with Crippen LogP contribution in [0.15, 0.2) is 40.7 Å².